The number of H-pyrrole nitrogens is 1. The molecule has 0 radical (unpaired) electrons. The first-order valence-electron chi connectivity index (χ1n) is 11.4. The molecule has 0 bridgehead atoms. The van der Waals surface area contributed by atoms with E-state index >= 15 is 0 Å². The van der Waals surface area contributed by atoms with Crippen LogP contribution in [0.1, 0.15) is 33.5 Å². The lowest BCUT2D eigenvalue weighted by Crippen LogP contribution is -2.35. The van der Waals surface area contributed by atoms with Crippen molar-refractivity contribution in [1.29, 1.82) is 0 Å². The lowest BCUT2D eigenvalue weighted by molar-refractivity contribution is 0.0772. The van der Waals surface area contributed by atoms with Crippen LogP contribution in [0.15, 0.2) is 78.0 Å². The molecule has 7 nitrogen and oxygen atoms in total. The summed E-state index contributed by atoms with van der Waals surface area (Å²) in [5.74, 6) is -0.175. The first-order valence-corrected chi connectivity index (χ1v) is 12.9. The summed E-state index contributed by atoms with van der Waals surface area (Å²) in [6.45, 7) is 4.77. The molecule has 1 aliphatic rings. The van der Waals surface area contributed by atoms with Crippen molar-refractivity contribution in [3.8, 4) is 0 Å². The Morgan fingerprint density at radius 3 is 2.63 bits per heavy atom. The van der Waals surface area contributed by atoms with Crippen molar-refractivity contribution in [3.05, 3.63) is 95.3 Å². The van der Waals surface area contributed by atoms with E-state index in [9.17, 15) is 13.2 Å². The maximum Gasteiger partial charge on any atom is 0.261 e. The zero-order chi connectivity index (χ0) is 24.6. The molecule has 0 atom stereocenters. The third-order valence-electron chi connectivity index (χ3n) is 6.35. The van der Waals surface area contributed by atoms with Crippen LogP contribution in [0, 0.1) is 13.8 Å². The van der Waals surface area contributed by atoms with E-state index in [1.165, 1.54) is 17.7 Å². The van der Waals surface area contributed by atoms with E-state index in [-0.39, 0.29) is 10.8 Å². The number of aryl methyl sites for hydroxylation is 2. The number of aromatic nitrogens is 2. The SMILES string of the molecule is Cc1ccc(NS(=O)(=O)c2ccc(C)c(C(=O)N3CC=C(c4c[nH]c5ncccc45)CC3)c2)cc1. The highest BCUT2D eigenvalue weighted by molar-refractivity contribution is 7.92. The Bertz CT molecular complexity index is 1550. The van der Waals surface area contributed by atoms with Crippen LogP contribution in [0.2, 0.25) is 0 Å². The zero-order valence-electron chi connectivity index (χ0n) is 19.6. The summed E-state index contributed by atoms with van der Waals surface area (Å²) in [5, 5.41) is 1.06. The van der Waals surface area contributed by atoms with Gasteiger partial charge in [0.25, 0.3) is 15.9 Å². The molecule has 8 heteroatoms. The minimum absolute atomic E-state index is 0.0616. The molecule has 178 valence electrons. The van der Waals surface area contributed by atoms with Gasteiger partial charge in [-0.15, -0.1) is 0 Å². The second-order valence-corrected chi connectivity index (χ2v) is 10.5. The fourth-order valence-corrected chi connectivity index (χ4v) is 5.41. The lowest BCUT2D eigenvalue weighted by Gasteiger charge is -2.27. The minimum atomic E-state index is -3.83. The van der Waals surface area contributed by atoms with Crippen molar-refractivity contribution < 1.29 is 13.2 Å². The van der Waals surface area contributed by atoms with Gasteiger partial charge in [-0.1, -0.05) is 29.8 Å². The molecule has 1 aliphatic heterocycles. The number of hydrogen-bond donors (Lipinski definition) is 2. The van der Waals surface area contributed by atoms with E-state index in [2.05, 4.69) is 20.8 Å². The number of fused-ring (bicyclic) bond motifs is 1. The molecule has 2 N–H and O–H groups in total. The van der Waals surface area contributed by atoms with Crippen molar-refractivity contribution in [2.45, 2.75) is 25.2 Å². The molecule has 2 aromatic heterocycles. The van der Waals surface area contributed by atoms with Gasteiger partial charge in [-0.2, -0.15) is 0 Å². The highest BCUT2D eigenvalue weighted by Gasteiger charge is 2.24. The summed E-state index contributed by atoms with van der Waals surface area (Å²) < 4.78 is 28.5. The maximum absolute atomic E-state index is 13.4. The number of carbonyl (C=O) groups is 1. The van der Waals surface area contributed by atoms with E-state index in [0.717, 1.165) is 27.7 Å². The molecule has 0 aliphatic carbocycles. The Balaban J connectivity index is 1.36. The van der Waals surface area contributed by atoms with E-state index in [1.54, 1.807) is 29.3 Å². The number of rotatable bonds is 5. The van der Waals surface area contributed by atoms with Gasteiger partial charge in [-0.05, 0) is 67.8 Å². The number of carbonyl (C=O) groups excluding carboxylic acids is 1. The minimum Gasteiger partial charge on any atom is -0.346 e. The Hall–Kier alpha value is -3.91. The Morgan fingerprint density at radius 1 is 1.09 bits per heavy atom. The number of anilines is 1. The van der Waals surface area contributed by atoms with Crippen molar-refractivity contribution in [1.82, 2.24) is 14.9 Å². The van der Waals surface area contributed by atoms with Crippen molar-refractivity contribution in [2.75, 3.05) is 17.8 Å². The van der Waals surface area contributed by atoms with Gasteiger partial charge < -0.3 is 9.88 Å². The smallest absolute Gasteiger partial charge is 0.261 e. The normalized spacial score (nSPS) is 14.1. The predicted octanol–water partition coefficient (Wildman–Crippen LogP) is 4.91. The molecule has 0 spiro atoms. The quantitative estimate of drug-likeness (QED) is 0.419. The first kappa shape index (κ1) is 22.9. The van der Waals surface area contributed by atoms with E-state index in [0.29, 0.717) is 30.8 Å². The standard InChI is InChI=1S/C27H26N4O3S/c1-18-5-8-21(9-6-18)30-35(33,34)22-10-7-19(2)24(16-22)27(32)31-14-11-20(12-15-31)25-17-29-26-23(25)4-3-13-28-26/h3-11,13,16-17,30H,12,14-15H2,1-2H3,(H,28,29). The number of pyridine rings is 1. The fourth-order valence-electron chi connectivity index (χ4n) is 4.32. The van der Waals surface area contributed by atoms with Crippen LogP contribution in [-0.2, 0) is 10.0 Å². The zero-order valence-corrected chi connectivity index (χ0v) is 20.4. The third-order valence-corrected chi connectivity index (χ3v) is 7.73. The number of nitrogens with one attached hydrogen (secondary N) is 2. The van der Waals surface area contributed by atoms with Crippen LogP contribution in [-0.4, -0.2) is 42.3 Å². The van der Waals surface area contributed by atoms with Gasteiger partial charge in [0, 0.05) is 47.7 Å². The number of nitrogens with zero attached hydrogens (tertiary/aromatic N) is 2. The monoisotopic (exact) mass is 486 g/mol. The average molecular weight is 487 g/mol. The summed E-state index contributed by atoms with van der Waals surface area (Å²) in [4.78, 5) is 22.7. The van der Waals surface area contributed by atoms with Crippen LogP contribution in [0.4, 0.5) is 5.69 Å². The fraction of sp³-hybridized carbons (Fsp3) is 0.185. The second-order valence-electron chi connectivity index (χ2n) is 8.78. The number of hydrogen-bond acceptors (Lipinski definition) is 4. The maximum atomic E-state index is 13.4. The van der Waals surface area contributed by atoms with Gasteiger partial charge in [0.1, 0.15) is 5.65 Å². The van der Waals surface area contributed by atoms with Gasteiger partial charge in [0.15, 0.2) is 0 Å². The molecule has 2 aromatic carbocycles. The topological polar surface area (TPSA) is 95.2 Å². The molecular formula is C27H26N4O3S. The van der Waals surface area contributed by atoms with Crippen LogP contribution < -0.4 is 4.72 Å². The van der Waals surface area contributed by atoms with Gasteiger partial charge >= 0.3 is 0 Å². The molecule has 0 fully saturated rings. The molecule has 0 saturated heterocycles. The number of amides is 1. The molecule has 0 saturated carbocycles. The summed E-state index contributed by atoms with van der Waals surface area (Å²) >= 11 is 0. The molecule has 0 unspecified atom stereocenters. The Kier molecular flexibility index (Phi) is 5.90. The third kappa shape index (κ3) is 4.57. The molecule has 1 amide bonds. The summed E-state index contributed by atoms with van der Waals surface area (Å²) in [7, 11) is -3.83. The average Bonchev–Trinajstić information content (AvgIpc) is 3.29. The first-order chi connectivity index (χ1) is 16.8. The largest absolute Gasteiger partial charge is 0.346 e. The summed E-state index contributed by atoms with van der Waals surface area (Å²) in [5.41, 5.74) is 5.76. The van der Waals surface area contributed by atoms with Crippen LogP contribution in [0.3, 0.4) is 0 Å². The summed E-state index contributed by atoms with van der Waals surface area (Å²) in [6.07, 6.45) is 6.48. The van der Waals surface area contributed by atoms with Gasteiger partial charge in [-0.3, -0.25) is 9.52 Å². The van der Waals surface area contributed by atoms with Crippen LogP contribution in [0.25, 0.3) is 16.6 Å². The van der Waals surface area contributed by atoms with Gasteiger partial charge in [0.2, 0.25) is 0 Å². The lowest BCUT2D eigenvalue weighted by atomic mass is 9.98. The van der Waals surface area contributed by atoms with Gasteiger partial charge in [0.05, 0.1) is 4.90 Å². The molecule has 4 aromatic rings. The van der Waals surface area contributed by atoms with Crippen molar-refractivity contribution in [2.24, 2.45) is 0 Å². The van der Waals surface area contributed by atoms with E-state index in [4.69, 9.17) is 0 Å². The molecule has 3 heterocycles. The Labute approximate surface area is 204 Å². The number of benzene rings is 2. The predicted molar refractivity (Wildman–Crippen MR) is 138 cm³/mol. The number of aromatic amines is 1. The molecule has 35 heavy (non-hydrogen) atoms. The highest BCUT2D eigenvalue weighted by Crippen LogP contribution is 2.29. The Morgan fingerprint density at radius 2 is 1.89 bits per heavy atom. The number of sulfonamides is 1. The van der Waals surface area contributed by atoms with Crippen molar-refractivity contribution in [3.63, 3.8) is 0 Å². The second kappa shape index (κ2) is 9.03. The molecular weight excluding hydrogens is 460 g/mol. The molecule has 5 rings (SSSR count). The van der Waals surface area contributed by atoms with E-state index < -0.39 is 10.0 Å². The van der Waals surface area contributed by atoms with Gasteiger partial charge in [-0.25, -0.2) is 13.4 Å². The highest BCUT2D eigenvalue weighted by atomic mass is 32.2. The van der Waals surface area contributed by atoms with Crippen LogP contribution in [0.5, 0.6) is 0 Å². The van der Waals surface area contributed by atoms with E-state index in [1.807, 2.05) is 44.3 Å². The van der Waals surface area contributed by atoms with Crippen molar-refractivity contribution >= 4 is 38.2 Å². The summed E-state index contributed by atoms with van der Waals surface area (Å²) in [6, 6.07) is 15.7. The van der Waals surface area contributed by atoms with Crippen LogP contribution >= 0.6 is 0 Å².